The van der Waals surface area contributed by atoms with Gasteiger partial charge in [-0.2, -0.15) is 0 Å². The van der Waals surface area contributed by atoms with Gasteiger partial charge >= 0.3 is 12.0 Å². The van der Waals surface area contributed by atoms with Gasteiger partial charge < -0.3 is 15.7 Å². The Morgan fingerprint density at radius 3 is 2.65 bits per heavy atom. The van der Waals surface area contributed by atoms with E-state index in [9.17, 15) is 9.59 Å². The van der Waals surface area contributed by atoms with E-state index in [0.717, 1.165) is 25.9 Å². The number of nitrogens with zero attached hydrogens (tertiary/aromatic N) is 1. The zero-order valence-electron chi connectivity index (χ0n) is 12.7. The third-order valence-electron chi connectivity index (χ3n) is 3.71. The SMILES string of the molecule is CCN1CCCC1CNC(=O)NC(CC(C)C)C(=O)O. The number of carboxylic acids is 1. The number of hydrogen-bond acceptors (Lipinski definition) is 3. The average molecular weight is 285 g/mol. The van der Waals surface area contributed by atoms with E-state index in [2.05, 4.69) is 22.5 Å². The van der Waals surface area contributed by atoms with Crippen molar-refractivity contribution in [2.75, 3.05) is 19.6 Å². The van der Waals surface area contributed by atoms with Crippen molar-refractivity contribution in [2.45, 2.75) is 52.1 Å². The summed E-state index contributed by atoms with van der Waals surface area (Å²) < 4.78 is 0. The van der Waals surface area contributed by atoms with Crippen molar-refractivity contribution < 1.29 is 14.7 Å². The van der Waals surface area contributed by atoms with Gasteiger partial charge in [-0.3, -0.25) is 4.90 Å². The smallest absolute Gasteiger partial charge is 0.326 e. The van der Waals surface area contributed by atoms with Crippen LogP contribution in [0.15, 0.2) is 0 Å². The summed E-state index contributed by atoms with van der Waals surface area (Å²) >= 11 is 0. The van der Waals surface area contributed by atoms with Gasteiger partial charge in [0, 0.05) is 12.6 Å². The van der Waals surface area contributed by atoms with Crippen LogP contribution in [-0.2, 0) is 4.79 Å². The van der Waals surface area contributed by atoms with Gasteiger partial charge in [-0.05, 0) is 38.3 Å². The first-order valence-corrected chi connectivity index (χ1v) is 7.45. The van der Waals surface area contributed by atoms with Crippen LogP contribution in [0.4, 0.5) is 4.79 Å². The highest BCUT2D eigenvalue weighted by Crippen LogP contribution is 2.15. The Bertz CT molecular complexity index is 334. The maximum atomic E-state index is 11.8. The Labute approximate surface area is 120 Å². The van der Waals surface area contributed by atoms with Crippen molar-refractivity contribution in [3.05, 3.63) is 0 Å². The third kappa shape index (κ3) is 5.36. The summed E-state index contributed by atoms with van der Waals surface area (Å²) in [5.74, 6) is -0.758. The Kier molecular flexibility index (Phi) is 6.78. The molecule has 0 aromatic heterocycles. The molecule has 116 valence electrons. The normalized spacial score (nSPS) is 20.9. The Balaban J connectivity index is 2.36. The van der Waals surface area contributed by atoms with E-state index in [1.54, 1.807) is 0 Å². The number of likely N-dealkylation sites (N-methyl/N-ethyl adjacent to an activating group) is 1. The second-order valence-corrected chi connectivity index (χ2v) is 5.80. The van der Waals surface area contributed by atoms with Gasteiger partial charge in [-0.25, -0.2) is 9.59 Å². The van der Waals surface area contributed by atoms with Gasteiger partial charge in [0.1, 0.15) is 6.04 Å². The van der Waals surface area contributed by atoms with Gasteiger partial charge in [0.2, 0.25) is 0 Å². The van der Waals surface area contributed by atoms with Gasteiger partial charge in [0.05, 0.1) is 0 Å². The minimum Gasteiger partial charge on any atom is -0.480 e. The van der Waals surface area contributed by atoms with E-state index in [-0.39, 0.29) is 11.9 Å². The highest BCUT2D eigenvalue weighted by atomic mass is 16.4. The molecule has 6 nitrogen and oxygen atoms in total. The second-order valence-electron chi connectivity index (χ2n) is 5.80. The third-order valence-corrected chi connectivity index (χ3v) is 3.71. The van der Waals surface area contributed by atoms with Crippen molar-refractivity contribution in [3.8, 4) is 0 Å². The summed E-state index contributed by atoms with van der Waals surface area (Å²) in [7, 11) is 0. The predicted octanol–water partition coefficient (Wildman–Crippen LogP) is 1.27. The van der Waals surface area contributed by atoms with Crippen LogP contribution in [0.25, 0.3) is 0 Å². The van der Waals surface area contributed by atoms with Crippen LogP contribution in [0, 0.1) is 5.92 Å². The lowest BCUT2D eigenvalue weighted by molar-refractivity contribution is -0.139. The summed E-state index contributed by atoms with van der Waals surface area (Å²) in [6, 6.07) is -0.832. The molecule has 0 aromatic carbocycles. The minimum atomic E-state index is -0.982. The molecular weight excluding hydrogens is 258 g/mol. The molecule has 0 aromatic rings. The standard InChI is InChI=1S/C14H27N3O3/c1-4-17-7-5-6-11(17)9-15-14(20)16-12(13(18)19)8-10(2)3/h10-12H,4-9H2,1-3H3,(H,18,19)(H2,15,16,20). The van der Waals surface area contributed by atoms with Crippen LogP contribution in [0.5, 0.6) is 0 Å². The van der Waals surface area contributed by atoms with E-state index in [4.69, 9.17) is 5.11 Å². The molecule has 0 radical (unpaired) electrons. The Morgan fingerprint density at radius 1 is 1.40 bits per heavy atom. The highest BCUT2D eigenvalue weighted by molar-refractivity contribution is 5.82. The van der Waals surface area contributed by atoms with Crippen molar-refractivity contribution in [3.63, 3.8) is 0 Å². The molecule has 20 heavy (non-hydrogen) atoms. The molecule has 1 fully saturated rings. The quantitative estimate of drug-likeness (QED) is 0.658. The fourth-order valence-corrected chi connectivity index (χ4v) is 2.66. The van der Waals surface area contributed by atoms with Gasteiger partial charge in [0.25, 0.3) is 0 Å². The lowest BCUT2D eigenvalue weighted by Gasteiger charge is -2.23. The highest BCUT2D eigenvalue weighted by Gasteiger charge is 2.25. The zero-order chi connectivity index (χ0) is 15.1. The first-order valence-electron chi connectivity index (χ1n) is 7.45. The van der Waals surface area contributed by atoms with Crippen molar-refractivity contribution in [1.82, 2.24) is 15.5 Å². The number of carbonyl (C=O) groups excluding carboxylic acids is 1. The van der Waals surface area contributed by atoms with E-state index >= 15 is 0 Å². The molecule has 1 aliphatic heterocycles. The number of rotatable bonds is 7. The topological polar surface area (TPSA) is 81.7 Å². The average Bonchev–Trinajstić information content (AvgIpc) is 2.82. The Hall–Kier alpha value is -1.30. The monoisotopic (exact) mass is 285 g/mol. The second kappa shape index (κ2) is 8.09. The molecule has 1 aliphatic rings. The molecule has 0 bridgehead atoms. The molecule has 1 saturated heterocycles. The van der Waals surface area contributed by atoms with Crippen LogP contribution in [0.3, 0.4) is 0 Å². The number of hydrogen-bond donors (Lipinski definition) is 3. The number of carboxylic acid groups (broad SMARTS) is 1. The van der Waals surface area contributed by atoms with Crippen molar-refractivity contribution in [2.24, 2.45) is 5.92 Å². The molecule has 0 spiro atoms. The first kappa shape index (κ1) is 16.8. The van der Waals surface area contributed by atoms with Crippen LogP contribution >= 0.6 is 0 Å². The largest absolute Gasteiger partial charge is 0.480 e. The number of likely N-dealkylation sites (tertiary alicyclic amines) is 1. The molecule has 2 unspecified atom stereocenters. The molecular formula is C14H27N3O3. The maximum absolute atomic E-state index is 11.8. The van der Waals surface area contributed by atoms with Gasteiger partial charge in [0.15, 0.2) is 0 Å². The molecule has 3 N–H and O–H groups in total. The predicted molar refractivity (Wildman–Crippen MR) is 77.7 cm³/mol. The summed E-state index contributed by atoms with van der Waals surface area (Å²) in [5.41, 5.74) is 0. The number of urea groups is 1. The van der Waals surface area contributed by atoms with Crippen molar-refractivity contribution >= 4 is 12.0 Å². The number of amides is 2. The summed E-state index contributed by atoms with van der Waals surface area (Å²) in [6.07, 6.45) is 2.68. The summed E-state index contributed by atoms with van der Waals surface area (Å²) in [6.45, 7) is 8.63. The molecule has 2 amide bonds. The van der Waals surface area contributed by atoms with E-state index in [0.29, 0.717) is 19.0 Å². The van der Waals surface area contributed by atoms with Crippen molar-refractivity contribution in [1.29, 1.82) is 0 Å². The number of aliphatic carboxylic acids is 1. The van der Waals surface area contributed by atoms with E-state index in [1.807, 2.05) is 13.8 Å². The molecule has 1 heterocycles. The molecule has 0 aliphatic carbocycles. The lowest BCUT2D eigenvalue weighted by Crippen LogP contribution is -2.49. The molecule has 6 heteroatoms. The van der Waals surface area contributed by atoms with Crippen LogP contribution in [0.1, 0.15) is 40.0 Å². The van der Waals surface area contributed by atoms with E-state index in [1.165, 1.54) is 0 Å². The fourth-order valence-electron chi connectivity index (χ4n) is 2.66. The summed E-state index contributed by atoms with van der Waals surface area (Å²) in [4.78, 5) is 25.2. The van der Waals surface area contributed by atoms with Gasteiger partial charge in [-0.1, -0.05) is 20.8 Å². The Morgan fingerprint density at radius 2 is 2.10 bits per heavy atom. The van der Waals surface area contributed by atoms with Crippen LogP contribution < -0.4 is 10.6 Å². The lowest BCUT2D eigenvalue weighted by atomic mass is 10.0. The van der Waals surface area contributed by atoms with Crippen LogP contribution in [-0.4, -0.2) is 53.7 Å². The van der Waals surface area contributed by atoms with Crippen LogP contribution in [0.2, 0.25) is 0 Å². The van der Waals surface area contributed by atoms with Gasteiger partial charge in [-0.15, -0.1) is 0 Å². The molecule has 2 atom stereocenters. The fraction of sp³-hybridized carbons (Fsp3) is 0.857. The number of carbonyl (C=O) groups is 2. The number of nitrogens with one attached hydrogen (secondary N) is 2. The zero-order valence-corrected chi connectivity index (χ0v) is 12.7. The summed E-state index contributed by atoms with van der Waals surface area (Å²) in [5, 5.41) is 14.4. The first-order chi connectivity index (χ1) is 9.43. The molecule has 1 rings (SSSR count). The van der Waals surface area contributed by atoms with E-state index < -0.39 is 12.0 Å². The minimum absolute atomic E-state index is 0.224. The molecule has 0 saturated carbocycles. The maximum Gasteiger partial charge on any atom is 0.326 e.